The highest BCUT2D eigenvalue weighted by Gasteiger charge is 2.61. The second-order valence-corrected chi connectivity index (χ2v) is 18.6. The number of benzene rings is 1. The molecule has 2 fully saturated rings. The predicted molar refractivity (Wildman–Crippen MR) is 138 cm³/mol. The molecule has 0 aromatic heterocycles. The molecule has 3 aliphatic heterocycles. The van der Waals surface area contributed by atoms with Crippen LogP contribution in [0, 0.1) is 6.92 Å². The Balaban J connectivity index is 1.75. The molecule has 1 N–H and O–H groups in total. The number of hydrogen-bond acceptors (Lipinski definition) is 6. The van der Waals surface area contributed by atoms with Crippen LogP contribution in [0.15, 0.2) is 41.0 Å². The maximum absolute atomic E-state index is 13.5. The zero-order chi connectivity index (χ0) is 25.9. The molecule has 0 amide bonds. The lowest BCUT2D eigenvalue weighted by Gasteiger charge is -2.45. The van der Waals surface area contributed by atoms with Crippen LogP contribution in [-0.4, -0.2) is 53.0 Å². The summed E-state index contributed by atoms with van der Waals surface area (Å²) in [5.74, 6) is -0.113. The zero-order valence-corrected chi connectivity index (χ0v) is 24.2. The number of rotatable bonds is 8. The van der Waals surface area contributed by atoms with Crippen LogP contribution in [0.4, 0.5) is 0 Å². The molecule has 3 heterocycles. The van der Waals surface area contributed by atoms with Crippen LogP contribution in [0.1, 0.15) is 61.0 Å². The van der Waals surface area contributed by atoms with Crippen LogP contribution in [0.5, 0.6) is 0 Å². The van der Waals surface area contributed by atoms with Crippen LogP contribution in [0.2, 0.25) is 16.6 Å². The van der Waals surface area contributed by atoms with E-state index in [4.69, 9.17) is 18.6 Å². The van der Waals surface area contributed by atoms with Crippen molar-refractivity contribution in [2.24, 2.45) is 0 Å². The first-order valence-corrected chi connectivity index (χ1v) is 16.3. The highest BCUT2D eigenvalue weighted by molar-refractivity contribution is 7.89. The number of fused-ring (bicyclic) bond motifs is 5. The van der Waals surface area contributed by atoms with Gasteiger partial charge in [0.05, 0.1) is 10.7 Å². The summed E-state index contributed by atoms with van der Waals surface area (Å²) in [5.41, 5.74) is 2.01. The average molecular weight is 524 g/mol. The van der Waals surface area contributed by atoms with E-state index in [2.05, 4.69) is 46.3 Å². The third-order valence-electron chi connectivity index (χ3n) is 7.70. The highest BCUT2D eigenvalue weighted by atomic mass is 32.2. The first kappa shape index (κ1) is 26.8. The summed E-state index contributed by atoms with van der Waals surface area (Å²) < 4.78 is 55.7. The number of sulfonamides is 1. The molecule has 3 aliphatic rings. The van der Waals surface area contributed by atoms with Gasteiger partial charge in [0.15, 0.2) is 5.79 Å². The minimum atomic E-state index is -3.84. The Hall–Kier alpha value is -1.23. The molecule has 9 heteroatoms. The molecule has 196 valence electrons. The van der Waals surface area contributed by atoms with Gasteiger partial charge in [0.2, 0.25) is 10.0 Å². The molecule has 4 rings (SSSR count). The van der Waals surface area contributed by atoms with E-state index in [1.54, 1.807) is 24.3 Å². The van der Waals surface area contributed by atoms with E-state index in [-0.39, 0.29) is 17.1 Å². The Labute approximate surface area is 211 Å². The molecule has 1 aromatic carbocycles. The van der Waals surface area contributed by atoms with E-state index in [1.165, 1.54) is 0 Å². The van der Waals surface area contributed by atoms with Crippen molar-refractivity contribution in [2.75, 3.05) is 0 Å². The fourth-order valence-corrected chi connectivity index (χ4v) is 12.7. The monoisotopic (exact) mass is 523 g/mol. The van der Waals surface area contributed by atoms with E-state index < -0.39 is 42.4 Å². The van der Waals surface area contributed by atoms with Crippen molar-refractivity contribution in [2.45, 2.75) is 120 Å². The van der Waals surface area contributed by atoms with Gasteiger partial charge < -0.3 is 18.6 Å². The minimum absolute atomic E-state index is 0.211. The normalized spacial score (nSPS) is 30.2. The Bertz CT molecular complexity index is 1040. The quantitative estimate of drug-likeness (QED) is 0.482. The fourth-order valence-electron chi connectivity index (χ4n) is 6.22. The van der Waals surface area contributed by atoms with E-state index in [0.717, 1.165) is 5.56 Å². The van der Waals surface area contributed by atoms with Crippen molar-refractivity contribution < 1.29 is 27.1 Å². The second kappa shape index (κ2) is 9.26. The predicted octanol–water partition coefficient (Wildman–Crippen LogP) is 5.02. The summed E-state index contributed by atoms with van der Waals surface area (Å²) in [7, 11) is -6.19. The Morgan fingerprint density at radius 3 is 2.00 bits per heavy atom. The maximum Gasteiger partial charge on any atom is 0.258 e. The average Bonchev–Trinajstić information content (AvgIpc) is 3.19. The molecule has 0 aliphatic carbocycles. The molecule has 2 saturated heterocycles. The van der Waals surface area contributed by atoms with Gasteiger partial charge in [-0.3, -0.25) is 0 Å². The first-order chi connectivity index (χ1) is 16.2. The van der Waals surface area contributed by atoms with Crippen molar-refractivity contribution in [3.63, 3.8) is 0 Å². The summed E-state index contributed by atoms with van der Waals surface area (Å²) in [6, 6.07) is 6.13. The lowest BCUT2D eigenvalue weighted by atomic mass is 10.1. The van der Waals surface area contributed by atoms with Gasteiger partial charge in [0.25, 0.3) is 8.32 Å². The van der Waals surface area contributed by atoms with Crippen molar-refractivity contribution in [3.8, 4) is 0 Å². The number of aryl methyl sites for hydroxylation is 1. The molecule has 5 atom stereocenters. The van der Waals surface area contributed by atoms with Crippen molar-refractivity contribution >= 4 is 18.3 Å². The minimum Gasteiger partial charge on any atom is -0.544 e. The Morgan fingerprint density at radius 2 is 1.46 bits per heavy atom. The molecule has 7 nitrogen and oxygen atoms in total. The van der Waals surface area contributed by atoms with Gasteiger partial charge in [0.1, 0.15) is 30.5 Å². The summed E-state index contributed by atoms with van der Waals surface area (Å²) in [4.78, 5) is 0.211. The summed E-state index contributed by atoms with van der Waals surface area (Å²) in [5, 5.41) is 0. The lowest BCUT2D eigenvalue weighted by molar-refractivity contribution is -0.186. The molecular formula is C26H41NO6SSi. The summed E-state index contributed by atoms with van der Waals surface area (Å²) >= 11 is 0. The SMILES string of the molecule is Cc1ccc(S(=O)(=O)N[C@@H]2C(O[Si](C(C)C)(C(C)C)C(C)C)=C[C@@H]3O[C@H]2[C@H]2OC(C)(C)O[C@H]23)cc1. The number of ether oxygens (including phenoxy) is 3. The van der Waals surface area contributed by atoms with E-state index in [9.17, 15) is 8.42 Å². The van der Waals surface area contributed by atoms with Gasteiger partial charge in [-0.25, -0.2) is 8.42 Å². The van der Waals surface area contributed by atoms with E-state index >= 15 is 0 Å². The Morgan fingerprint density at radius 1 is 0.914 bits per heavy atom. The van der Waals surface area contributed by atoms with Crippen LogP contribution < -0.4 is 4.72 Å². The Kier molecular flexibility index (Phi) is 7.09. The molecule has 35 heavy (non-hydrogen) atoms. The van der Waals surface area contributed by atoms with Crippen LogP contribution in [0.3, 0.4) is 0 Å². The number of hydrogen-bond donors (Lipinski definition) is 1. The van der Waals surface area contributed by atoms with Gasteiger partial charge in [-0.1, -0.05) is 59.2 Å². The van der Waals surface area contributed by atoms with Gasteiger partial charge in [-0.15, -0.1) is 0 Å². The molecule has 0 spiro atoms. The second-order valence-electron chi connectivity index (χ2n) is 11.5. The van der Waals surface area contributed by atoms with Crippen LogP contribution in [-0.2, 0) is 28.7 Å². The third-order valence-corrected chi connectivity index (χ3v) is 15.2. The summed E-state index contributed by atoms with van der Waals surface area (Å²) in [6.45, 7) is 19.0. The van der Waals surface area contributed by atoms with Crippen LogP contribution in [0.25, 0.3) is 0 Å². The van der Waals surface area contributed by atoms with Gasteiger partial charge >= 0.3 is 0 Å². The van der Waals surface area contributed by atoms with Crippen molar-refractivity contribution in [3.05, 3.63) is 41.7 Å². The van der Waals surface area contributed by atoms with E-state index in [0.29, 0.717) is 22.4 Å². The molecule has 0 unspecified atom stereocenters. The van der Waals surface area contributed by atoms with Gasteiger partial charge in [-0.2, -0.15) is 4.72 Å². The molecule has 0 radical (unpaired) electrons. The molecule has 2 bridgehead atoms. The molecular weight excluding hydrogens is 482 g/mol. The fraction of sp³-hybridized carbons (Fsp3) is 0.692. The van der Waals surface area contributed by atoms with Crippen molar-refractivity contribution in [1.29, 1.82) is 0 Å². The first-order valence-electron chi connectivity index (χ1n) is 12.7. The third kappa shape index (κ3) is 4.75. The van der Waals surface area contributed by atoms with Crippen LogP contribution >= 0.6 is 0 Å². The van der Waals surface area contributed by atoms with Crippen molar-refractivity contribution in [1.82, 2.24) is 4.72 Å². The van der Waals surface area contributed by atoms with E-state index in [1.807, 2.05) is 26.8 Å². The topological polar surface area (TPSA) is 83.1 Å². The number of nitrogens with one attached hydrogen (secondary N) is 1. The smallest absolute Gasteiger partial charge is 0.258 e. The largest absolute Gasteiger partial charge is 0.544 e. The van der Waals surface area contributed by atoms with Gasteiger partial charge in [-0.05, 0) is 55.6 Å². The molecule has 1 aromatic rings. The standard InChI is InChI=1S/C26H41NO6SSi/c1-15(2)35(16(3)4,17(5)6)33-20-14-21-23-25(32-26(8,9)31-23)24(30-21)22(20)27-34(28,29)19-12-10-18(7)11-13-19/h10-17,21-25,27H,1-9H3/t21-,22+,23-,24+,25-/m0/s1. The summed E-state index contributed by atoms with van der Waals surface area (Å²) in [6.07, 6.45) is 0.329. The van der Waals surface area contributed by atoms with Gasteiger partial charge in [0, 0.05) is 0 Å². The lowest BCUT2D eigenvalue weighted by Crippen LogP contribution is -2.55. The molecule has 0 saturated carbocycles. The highest BCUT2D eigenvalue weighted by Crippen LogP contribution is 2.48. The zero-order valence-electron chi connectivity index (χ0n) is 22.4. The maximum atomic E-state index is 13.5.